The SMILES string of the molecule is Cn1ccc(Cn2cc3c(Cl)c(-c4cn(COCC[Si](C)(C)C)c5nc(N6[C@@H]7CC[C@H]6C[C@@H](NC(=O)OC(C)(C)C)C7)cnc45)ccc3n2)n1. The fourth-order valence-electron chi connectivity index (χ4n) is 7.25. The fraction of sp³-hybridized carbons (Fsp3) is 0.528. The van der Waals surface area contributed by atoms with Crippen LogP contribution in [0, 0.1) is 0 Å². The maximum absolute atomic E-state index is 12.6. The van der Waals surface area contributed by atoms with Crippen LogP contribution in [0.2, 0.25) is 30.7 Å². The van der Waals surface area contributed by atoms with Crippen molar-refractivity contribution in [1.82, 2.24) is 39.4 Å². The second-order valence-corrected chi connectivity index (χ2v) is 22.0. The van der Waals surface area contributed by atoms with Crippen LogP contribution in [-0.2, 0) is 29.8 Å². The molecule has 2 bridgehead atoms. The summed E-state index contributed by atoms with van der Waals surface area (Å²) in [5, 5.41) is 13.9. The van der Waals surface area contributed by atoms with Crippen LogP contribution in [0.3, 0.4) is 0 Å². The maximum Gasteiger partial charge on any atom is 0.407 e. The van der Waals surface area contributed by atoms with E-state index in [4.69, 9.17) is 36.1 Å². The van der Waals surface area contributed by atoms with Gasteiger partial charge in [-0.2, -0.15) is 10.2 Å². The van der Waals surface area contributed by atoms with E-state index in [-0.39, 0.29) is 24.2 Å². The van der Waals surface area contributed by atoms with Crippen molar-refractivity contribution in [3.8, 4) is 11.1 Å². The number of hydrogen-bond acceptors (Lipinski definition) is 8. The number of nitrogens with one attached hydrogen (secondary N) is 1. The van der Waals surface area contributed by atoms with E-state index in [1.807, 2.05) is 69.3 Å². The Hall–Kier alpha value is -3.94. The molecule has 1 aromatic carbocycles. The molecule has 2 fully saturated rings. The van der Waals surface area contributed by atoms with Crippen molar-refractivity contribution in [2.45, 2.75) is 109 Å². The second-order valence-electron chi connectivity index (χ2n) is 16.0. The lowest BCUT2D eigenvalue weighted by Crippen LogP contribution is -2.51. The first kappa shape index (κ1) is 34.5. The zero-order valence-corrected chi connectivity index (χ0v) is 31.9. The highest BCUT2D eigenvalue weighted by Gasteiger charge is 2.42. The number of halogens is 1. The topological polar surface area (TPSA) is 117 Å². The lowest BCUT2D eigenvalue weighted by atomic mass is 9.97. The molecule has 266 valence electrons. The number of carbonyl (C=O) groups is 1. The van der Waals surface area contributed by atoms with Gasteiger partial charge >= 0.3 is 6.09 Å². The zero-order valence-electron chi connectivity index (χ0n) is 30.1. The standard InChI is InChI=1S/C36H48ClN9O3Si/c1-36(2,3)49-35(47)39-24-16-25-8-9-26(17-24)46(25)31-18-38-33-28(20-44(34(33)40-31)22-48-14-15-50(5,6)7)27-10-11-30-29(32(27)37)21-45(42-30)19-23-12-13-43(4)41-23/h10-13,18,20-21,24-26H,8-9,14-17,19,22H2,1-7H3,(H,39,47)/t24-,25+,26-. The van der Waals surface area contributed by atoms with Gasteiger partial charge in [0.25, 0.3) is 0 Å². The molecular weight excluding hydrogens is 670 g/mol. The molecule has 0 aliphatic carbocycles. The summed E-state index contributed by atoms with van der Waals surface area (Å²) in [5.74, 6) is 0.853. The van der Waals surface area contributed by atoms with Crippen molar-refractivity contribution >= 4 is 53.7 Å². The smallest absolute Gasteiger partial charge is 0.407 e. The summed E-state index contributed by atoms with van der Waals surface area (Å²) in [6, 6.07) is 7.68. The Labute approximate surface area is 299 Å². The third-order valence-corrected chi connectivity index (χ3v) is 11.7. The predicted molar refractivity (Wildman–Crippen MR) is 199 cm³/mol. The molecule has 6 heterocycles. The highest BCUT2D eigenvalue weighted by atomic mass is 35.5. The van der Waals surface area contributed by atoms with Gasteiger partial charge in [0, 0.05) is 75.0 Å². The summed E-state index contributed by atoms with van der Waals surface area (Å²) in [6.45, 7) is 14.3. The molecule has 0 unspecified atom stereocenters. The van der Waals surface area contributed by atoms with E-state index in [2.05, 4.69) is 45.7 Å². The second kappa shape index (κ2) is 13.3. The van der Waals surface area contributed by atoms with Gasteiger partial charge in [0.15, 0.2) is 5.65 Å². The highest BCUT2D eigenvalue weighted by Crippen LogP contribution is 2.41. The normalized spacial score (nSPS) is 19.5. The van der Waals surface area contributed by atoms with Crippen molar-refractivity contribution in [1.29, 1.82) is 0 Å². The van der Waals surface area contributed by atoms with Crippen molar-refractivity contribution < 1.29 is 14.3 Å². The number of ether oxygens (including phenoxy) is 2. The Morgan fingerprint density at radius 3 is 2.50 bits per heavy atom. The summed E-state index contributed by atoms with van der Waals surface area (Å²) in [6.07, 6.45) is 11.3. The molecule has 3 atom stereocenters. The third-order valence-electron chi connectivity index (χ3n) is 9.55. The molecular formula is C36H48ClN9O3Si. The number of carbonyl (C=O) groups excluding carboxylic acids is 1. The van der Waals surface area contributed by atoms with Gasteiger partial charge in [-0.25, -0.2) is 14.8 Å². The van der Waals surface area contributed by atoms with Crippen molar-refractivity contribution in [2.75, 3.05) is 11.5 Å². The average molecular weight is 718 g/mol. The first-order chi connectivity index (χ1) is 23.7. The van der Waals surface area contributed by atoms with Gasteiger partial charge in [0.2, 0.25) is 0 Å². The maximum atomic E-state index is 12.6. The molecule has 50 heavy (non-hydrogen) atoms. The molecule has 1 amide bonds. The number of aryl methyl sites for hydroxylation is 1. The van der Waals surface area contributed by atoms with Gasteiger partial charge in [-0.05, 0) is 64.6 Å². The molecule has 0 saturated carbocycles. The van der Waals surface area contributed by atoms with E-state index >= 15 is 0 Å². The van der Waals surface area contributed by atoms with Crippen LogP contribution in [-0.4, -0.2) is 78.6 Å². The molecule has 0 radical (unpaired) electrons. The third kappa shape index (κ3) is 7.40. The van der Waals surface area contributed by atoms with Gasteiger partial charge in [0.1, 0.15) is 23.7 Å². The zero-order chi connectivity index (χ0) is 35.4. The molecule has 12 nitrogen and oxygen atoms in total. The number of hydrogen-bond donors (Lipinski definition) is 1. The van der Waals surface area contributed by atoms with Crippen LogP contribution < -0.4 is 10.2 Å². The molecule has 1 N–H and O–H groups in total. The first-order valence-electron chi connectivity index (χ1n) is 17.6. The van der Waals surface area contributed by atoms with E-state index < -0.39 is 13.7 Å². The molecule has 2 saturated heterocycles. The van der Waals surface area contributed by atoms with Gasteiger partial charge < -0.3 is 24.3 Å². The molecule has 5 aromatic rings. The van der Waals surface area contributed by atoms with Crippen molar-refractivity contribution in [2.24, 2.45) is 7.05 Å². The number of anilines is 1. The highest BCUT2D eigenvalue weighted by molar-refractivity contribution is 6.76. The average Bonchev–Trinajstić information content (AvgIpc) is 3.78. The van der Waals surface area contributed by atoms with Crippen LogP contribution in [0.4, 0.5) is 10.6 Å². The number of fused-ring (bicyclic) bond motifs is 4. The molecule has 2 aliphatic rings. The van der Waals surface area contributed by atoms with Crippen LogP contribution >= 0.6 is 11.6 Å². The number of benzene rings is 1. The minimum absolute atomic E-state index is 0.0656. The Bertz CT molecular complexity index is 2010. The molecule has 4 aromatic heterocycles. The number of alkyl carbamates (subject to hydrolysis) is 1. The predicted octanol–water partition coefficient (Wildman–Crippen LogP) is 7.22. The molecule has 2 aliphatic heterocycles. The number of piperidine rings is 1. The van der Waals surface area contributed by atoms with Crippen molar-refractivity contribution in [3.63, 3.8) is 0 Å². The van der Waals surface area contributed by atoms with Gasteiger partial charge in [-0.3, -0.25) is 9.36 Å². The minimum atomic E-state index is -1.25. The number of aromatic nitrogens is 7. The van der Waals surface area contributed by atoms with E-state index in [1.165, 1.54) is 0 Å². The van der Waals surface area contributed by atoms with Crippen LogP contribution in [0.5, 0.6) is 0 Å². The molecule has 7 rings (SSSR count). The summed E-state index contributed by atoms with van der Waals surface area (Å²) < 4.78 is 17.5. The molecule has 14 heteroatoms. The Morgan fingerprint density at radius 1 is 1.06 bits per heavy atom. The van der Waals surface area contributed by atoms with Gasteiger partial charge in [-0.1, -0.05) is 37.3 Å². The summed E-state index contributed by atoms with van der Waals surface area (Å²) in [7, 11) is 0.654. The van der Waals surface area contributed by atoms with Crippen LogP contribution in [0.15, 0.2) is 43.0 Å². The summed E-state index contributed by atoms with van der Waals surface area (Å²) >= 11 is 7.16. The van der Waals surface area contributed by atoms with E-state index in [0.717, 1.165) is 76.4 Å². The summed E-state index contributed by atoms with van der Waals surface area (Å²) in [5.41, 5.74) is 4.54. The minimum Gasteiger partial charge on any atom is -0.444 e. The number of rotatable bonds is 10. The fourth-order valence-corrected chi connectivity index (χ4v) is 8.32. The lowest BCUT2D eigenvalue weighted by Gasteiger charge is -2.39. The number of nitrogens with zero attached hydrogens (tertiary/aromatic N) is 8. The van der Waals surface area contributed by atoms with Crippen LogP contribution in [0.1, 0.15) is 52.1 Å². The Kier molecular flexibility index (Phi) is 9.19. The van der Waals surface area contributed by atoms with E-state index in [9.17, 15) is 4.79 Å². The summed E-state index contributed by atoms with van der Waals surface area (Å²) in [4.78, 5) is 25.3. The monoisotopic (exact) mass is 717 g/mol. The first-order valence-corrected chi connectivity index (χ1v) is 21.7. The van der Waals surface area contributed by atoms with Gasteiger partial charge in [0.05, 0.1) is 29.0 Å². The Balaban J connectivity index is 1.19. The largest absolute Gasteiger partial charge is 0.444 e. The van der Waals surface area contributed by atoms with Crippen LogP contribution in [0.25, 0.3) is 33.2 Å². The molecule has 0 spiro atoms. The Morgan fingerprint density at radius 2 is 1.82 bits per heavy atom. The quantitative estimate of drug-likeness (QED) is 0.119. The lowest BCUT2D eigenvalue weighted by molar-refractivity contribution is 0.0492. The van der Waals surface area contributed by atoms with E-state index in [0.29, 0.717) is 24.9 Å². The van der Waals surface area contributed by atoms with E-state index in [1.54, 1.807) is 4.68 Å². The van der Waals surface area contributed by atoms with Gasteiger partial charge in [-0.15, -0.1) is 0 Å². The van der Waals surface area contributed by atoms with Crippen molar-refractivity contribution in [3.05, 3.63) is 53.7 Å². The number of amides is 1.